The van der Waals surface area contributed by atoms with Crippen molar-refractivity contribution in [1.29, 1.82) is 0 Å². The number of rotatable bonds is 1. The van der Waals surface area contributed by atoms with E-state index in [9.17, 15) is 0 Å². The maximum Gasteiger partial charge on any atom is 0.234 e. The Morgan fingerprint density at radius 3 is 2.40 bits per heavy atom. The molecule has 0 aliphatic carbocycles. The monoisotopic (exact) mass is 259 g/mol. The summed E-state index contributed by atoms with van der Waals surface area (Å²) in [4.78, 5) is 0. The van der Waals surface area contributed by atoms with E-state index in [2.05, 4.69) is 69.3 Å². The summed E-state index contributed by atoms with van der Waals surface area (Å²) in [5.41, 5.74) is 3.51. The Labute approximate surface area is 121 Å². The summed E-state index contributed by atoms with van der Waals surface area (Å²) in [6.45, 7) is 6.59. The van der Waals surface area contributed by atoms with Crippen molar-refractivity contribution in [1.82, 2.24) is 4.48 Å². The first-order valence-corrected chi connectivity index (χ1v) is 6.93. The average Bonchev–Trinajstić information content (AvgIpc) is 2.70. The van der Waals surface area contributed by atoms with Gasteiger partial charge >= 0.3 is 0 Å². The summed E-state index contributed by atoms with van der Waals surface area (Å²) in [6, 6.07) is 14.7. The summed E-state index contributed by atoms with van der Waals surface area (Å²) in [6.07, 6.45) is 4.38. The molecular weight excluding hydrogens is 241 g/mol. The van der Waals surface area contributed by atoms with Gasteiger partial charge in [-0.15, -0.1) is 0 Å². The van der Waals surface area contributed by atoms with E-state index < -0.39 is 0 Å². The topological polar surface area (TPSA) is 4.93 Å². The quantitative estimate of drug-likeness (QED) is 0.554. The number of benzene rings is 2. The summed E-state index contributed by atoms with van der Waals surface area (Å²) in [5.74, 6) is 0. The second kappa shape index (κ2) is 4.55. The molecule has 3 aromatic rings. The molecule has 2 aromatic carbocycles. The fraction of sp³-hybridized carbons (Fsp3) is 0.222. The second-order valence-corrected chi connectivity index (χ2v) is 6.36. The molecule has 0 aliphatic rings. The minimum atomic E-state index is 0.185. The molecule has 0 atom stereocenters. The van der Waals surface area contributed by atoms with E-state index in [1.807, 2.05) is 6.07 Å². The summed E-state index contributed by atoms with van der Waals surface area (Å²) < 4.78 is 1.78. The predicted octanol–water partition coefficient (Wildman–Crippen LogP) is 4.79. The van der Waals surface area contributed by atoms with Crippen molar-refractivity contribution in [3.05, 3.63) is 54.1 Å². The Hall–Kier alpha value is -1.96. The van der Waals surface area contributed by atoms with Crippen LogP contribution < -0.4 is 0 Å². The molecule has 0 N–H and O–H groups in total. The van der Waals surface area contributed by atoms with E-state index in [0.29, 0.717) is 0 Å². The van der Waals surface area contributed by atoms with Crippen molar-refractivity contribution in [2.24, 2.45) is 5.41 Å². The van der Waals surface area contributed by atoms with Crippen molar-refractivity contribution in [2.75, 3.05) is 0 Å². The van der Waals surface area contributed by atoms with E-state index in [4.69, 9.17) is 7.98 Å². The number of nitrogens with zero attached hydrogens (tertiary/aromatic N) is 1. The average molecular weight is 259 g/mol. The lowest BCUT2D eigenvalue weighted by Crippen LogP contribution is -1.98. The lowest BCUT2D eigenvalue weighted by Gasteiger charge is -2.11. The molecule has 0 saturated heterocycles. The summed E-state index contributed by atoms with van der Waals surface area (Å²) >= 11 is 0. The van der Waals surface area contributed by atoms with Crippen LogP contribution in [-0.2, 0) is 0 Å². The van der Waals surface area contributed by atoms with Crippen LogP contribution in [0, 0.1) is 5.41 Å². The Morgan fingerprint density at radius 1 is 0.950 bits per heavy atom. The number of hydrogen-bond donors (Lipinski definition) is 0. The van der Waals surface area contributed by atoms with Crippen LogP contribution in [0.15, 0.2) is 48.5 Å². The van der Waals surface area contributed by atoms with Crippen molar-refractivity contribution in [3.63, 3.8) is 0 Å². The minimum Gasteiger partial charge on any atom is -0.397 e. The van der Waals surface area contributed by atoms with Crippen molar-refractivity contribution >= 4 is 35.9 Å². The standard InChI is InChI=1S/C18H18BN/c1-18(2,3)11-10-13-8-9-15-14-6-4-5-7-16(14)20(19)17(15)12-13/h4-12H,1-3H3/b11-10+. The van der Waals surface area contributed by atoms with E-state index in [1.54, 1.807) is 4.48 Å². The molecule has 98 valence electrons. The molecule has 0 unspecified atom stereocenters. The SMILES string of the molecule is [B]n1c2ccccc2c2ccc(/C=C/C(C)(C)C)cc21. The predicted molar refractivity (Wildman–Crippen MR) is 89.1 cm³/mol. The smallest absolute Gasteiger partial charge is 0.234 e. The maximum absolute atomic E-state index is 6.22. The molecule has 3 rings (SSSR count). The molecule has 1 nitrogen and oxygen atoms in total. The van der Waals surface area contributed by atoms with Gasteiger partial charge in [-0.1, -0.05) is 63.3 Å². The van der Waals surface area contributed by atoms with Crippen LogP contribution in [0.1, 0.15) is 26.3 Å². The molecule has 0 fully saturated rings. The van der Waals surface area contributed by atoms with Gasteiger partial charge in [-0.3, -0.25) is 0 Å². The minimum absolute atomic E-state index is 0.185. The Balaban J connectivity index is 2.19. The summed E-state index contributed by atoms with van der Waals surface area (Å²) in [7, 11) is 6.22. The highest BCUT2D eigenvalue weighted by Gasteiger charge is 2.08. The Kier molecular flexibility index (Phi) is 2.97. The third kappa shape index (κ3) is 2.26. The van der Waals surface area contributed by atoms with Gasteiger partial charge in [-0.25, -0.2) is 0 Å². The van der Waals surface area contributed by atoms with E-state index in [1.165, 1.54) is 16.3 Å². The highest BCUT2D eigenvalue weighted by Crippen LogP contribution is 2.29. The Bertz CT molecular complexity index is 803. The van der Waals surface area contributed by atoms with Crippen molar-refractivity contribution < 1.29 is 0 Å². The van der Waals surface area contributed by atoms with Crippen LogP contribution >= 0.6 is 0 Å². The largest absolute Gasteiger partial charge is 0.397 e. The summed E-state index contributed by atoms with van der Waals surface area (Å²) in [5, 5.41) is 2.41. The first-order valence-electron chi connectivity index (χ1n) is 6.93. The van der Waals surface area contributed by atoms with Crippen LogP contribution in [0.5, 0.6) is 0 Å². The molecule has 0 spiro atoms. The molecule has 1 heterocycles. The molecule has 2 heteroatoms. The fourth-order valence-corrected chi connectivity index (χ4v) is 2.47. The van der Waals surface area contributed by atoms with Gasteiger partial charge in [0, 0.05) is 21.8 Å². The van der Waals surface area contributed by atoms with Crippen molar-refractivity contribution in [3.8, 4) is 0 Å². The number of hydrogen-bond acceptors (Lipinski definition) is 0. The van der Waals surface area contributed by atoms with Crippen LogP contribution in [0.2, 0.25) is 0 Å². The van der Waals surface area contributed by atoms with Gasteiger partial charge in [0.2, 0.25) is 7.98 Å². The highest BCUT2D eigenvalue weighted by molar-refractivity contribution is 6.21. The lowest BCUT2D eigenvalue weighted by molar-refractivity contribution is 0.547. The van der Waals surface area contributed by atoms with Crippen LogP contribution in [-0.4, -0.2) is 12.5 Å². The van der Waals surface area contributed by atoms with Crippen LogP contribution in [0.4, 0.5) is 0 Å². The van der Waals surface area contributed by atoms with Gasteiger partial charge in [0.15, 0.2) is 0 Å². The second-order valence-electron chi connectivity index (χ2n) is 6.36. The zero-order chi connectivity index (χ0) is 14.3. The van der Waals surface area contributed by atoms with Crippen molar-refractivity contribution in [2.45, 2.75) is 20.8 Å². The first kappa shape index (κ1) is 13.0. The number of aromatic nitrogens is 1. The highest BCUT2D eigenvalue weighted by atomic mass is 14.9. The van der Waals surface area contributed by atoms with E-state index in [0.717, 1.165) is 11.0 Å². The van der Waals surface area contributed by atoms with Gasteiger partial charge in [-0.2, -0.15) is 0 Å². The normalized spacial score (nSPS) is 12.8. The number of fused-ring (bicyclic) bond motifs is 3. The van der Waals surface area contributed by atoms with Gasteiger partial charge < -0.3 is 4.48 Å². The number of allylic oxidation sites excluding steroid dienone is 1. The zero-order valence-corrected chi connectivity index (χ0v) is 12.2. The van der Waals surface area contributed by atoms with Crippen LogP contribution in [0.3, 0.4) is 0 Å². The molecule has 0 aliphatic heterocycles. The van der Waals surface area contributed by atoms with Crippen LogP contribution in [0.25, 0.3) is 27.9 Å². The van der Waals surface area contributed by atoms with Gasteiger partial charge in [0.1, 0.15) is 0 Å². The maximum atomic E-state index is 6.22. The molecule has 2 radical (unpaired) electrons. The van der Waals surface area contributed by atoms with Gasteiger partial charge in [0.05, 0.1) is 0 Å². The lowest BCUT2D eigenvalue weighted by atomic mass is 9.95. The van der Waals surface area contributed by atoms with Gasteiger partial charge in [-0.05, 0) is 23.1 Å². The van der Waals surface area contributed by atoms with E-state index >= 15 is 0 Å². The van der Waals surface area contributed by atoms with E-state index in [-0.39, 0.29) is 5.41 Å². The fourth-order valence-electron chi connectivity index (χ4n) is 2.47. The molecule has 0 saturated carbocycles. The van der Waals surface area contributed by atoms with Gasteiger partial charge in [0.25, 0.3) is 0 Å². The molecule has 0 bridgehead atoms. The third-order valence-corrected chi connectivity index (χ3v) is 3.51. The molecular formula is C18H18BN. The third-order valence-electron chi connectivity index (χ3n) is 3.51. The zero-order valence-electron chi connectivity index (χ0n) is 12.2. The first-order chi connectivity index (χ1) is 9.46. The molecule has 1 aromatic heterocycles. The number of para-hydroxylation sites is 1. The molecule has 20 heavy (non-hydrogen) atoms. The molecule has 0 amide bonds. The Morgan fingerprint density at radius 2 is 1.65 bits per heavy atom.